The van der Waals surface area contributed by atoms with Crippen LogP contribution in [0.5, 0.6) is 0 Å². The van der Waals surface area contributed by atoms with Crippen molar-refractivity contribution in [2.75, 3.05) is 39.9 Å². The smallest absolute Gasteiger partial charge is 0.194 e. The van der Waals surface area contributed by atoms with Gasteiger partial charge in [0.05, 0.1) is 13.2 Å². The summed E-state index contributed by atoms with van der Waals surface area (Å²) in [7, 11) is 1.70. The molecule has 1 heterocycles. The number of likely N-dealkylation sites (tertiary alicyclic amines) is 1. The van der Waals surface area contributed by atoms with Crippen LogP contribution in [0.4, 0.5) is 0 Å². The molecule has 5 heteroatoms. The minimum absolute atomic E-state index is 0. The number of piperidine rings is 1. The number of halogens is 1. The van der Waals surface area contributed by atoms with E-state index in [1.807, 2.05) is 6.08 Å². The van der Waals surface area contributed by atoms with Gasteiger partial charge in [0.2, 0.25) is 0 Å². The number of ether oxygens (including phenoxy) is 1. The third-order valence-electron chi connectivity index (χ3n) is 2.92. The molecular formula is C13H26IN3O. The van der Waals surface area contributed by atoms with Gasteiger partial charge in [0.15, 0.2) is 5.96 Å². The number of nitrogens with one attached hydrogen (secondary N) is 1. The number of nitrogens with zero attached hydrogens (tertiary/aromatic N) is 2. The fourth-order valence-electron chi connectivity index (χ4n) is 2.06. The first-order chi connectivity index (χ1) is 8.27. The summed E-state index contributed by atoms with van der Waals surface area (Å²) in [6.45, 7) is 10.4. The first-order valence-electron chi connectivity index (χ1n) is 6.41. The predicted octanol–water partition coefficient (Wildman–Crippen LogP) is 2.11. The molecule has 1 atom stereocenters. The van der Waals surface area contributed by atoms with Gasteiger partial charge in [-0.3, -0.25) is 4.99 Å². The molecule has 0 aromatic heterocycles. The molecule has 0 amide bonds. The van der Waals surface area contributed by atoms with Crippen LogP contribution >= 0.6 is 24.0 Å². The van der Waals surface area contributed by atoms with Crippen molar-refractivity contribution in [1.29, 1.82) is 0 Å². The molecule has 1 fully saturated rings. The van der Waals surface area contributed by atoms with Gasteiger partial charge in [0.1, 0.15) is 0 Å². The Morgan fingerprint density at radius 2 is 2.39 bits per heavy atom. The zero-order valence-corrected chi connectivity index (χ0v) is 13.9. The van der Waals surface area contributed by atoms with Crippen LogP contribution in [0.1, 0.15) is 19.8 Å². The van der Waals surface area contributed by atoms with E-state index in [0.29, 0.717) is 13.2 Å². The first-order valence-corrected chi connectivity index (χ1v) is 6.41. The van der Waals surface area contributed by atoms with E-state index in [2.05, 4.69) is 28.7 Å². The maximum Gasteiger partial charge on any atom is 0.194 e. The number of rotatable bonds is 5. The summed E-state index contributed by atoms with van der Waals surface area (Å²) in [5, 5.41) is 3.32. The van der Waals surface area contributed by atoms with Gasteiger partial charge >= 0.3 is 0 Å². The van der Waals surface area contributed by atoms with Crippen molar-refractivity contribution in [1.82, 2.24) is 10.2 Å². The monoisotopic (exact) mass is 367 g/mol. The summed E-state index contributed by atoms with van der Waals surface area (Å²) in [5.41, 5.74) is 0. The number of aliphatic imine (C=N–C) groups is 1. The van der Waals surface area contributed by atoms with E-state index < -0.39 is 0 Å². The van der Waals surface area contributed by atoms with Crippen molar-refractivity contribution < 1.29 is 4.74 Å². The average Bonchev–Trinajstić information content (AvgIpc) is 2.33. The minimum Gasteiger partial charge on any atom is -0.383 e. The van der Waals surface area contributed by atoms with Crippen LogP contribution in [0.3, 0.4) is 0 Å². The second-order valence-electron chi connectivity index (χ2n) is 4.56. The predicted molar refractivity (Wildman–Crippen MR) is 87.8 cm³/mol. The Bertz CT molecular complexity index is 259. The minimum atomic E-state index is 0. The lowest BCUT2D eigenvalue weighted by Crippen LogP contribution is -2.46. The molecule has 1 aliphatic rings. The molecule has 4 nitrogen and oxygen atoms in total. The van der Waals surface area contributed by atoms with Crippen molar-refractivity contribution in [2.24, 2.45) is 10.9 Å². The van der Waals surface area contributed by atoms with Crippen LogP contribution in [0.15, 0.2) is 17.6 Å². The molecule has 1 N–H and O–H groups in total. The van der Waals surface area contributed by atoms with Crippen molar-refractivity contribution in [3.8, 4) is 0 Å². The molecule has 0 aromatic carbocycles. The SMILES string of the molecule is C=CCNC(=NCCOC)N1CCCC(C)C1.I. The first kappa shape index (κ1) is 17.7. The highest BCUT2D eigenvalue weighted by molar-refractivity contribution is 14.0. The summed E-state index contributed by atoms with van der Waals surface area (Å²) < 4.78 is 5.03. The molecular weight excluding hydrogens is 341 g/mol. The number of guanidine groups is 1. The lowest BCUT2D eigenvalue weighted by Gasteiger charge is -2.33. The van der Waals surface area contributed by atoms with E-state index in [4.69, 9.17) is 4.74 Å². The van der Waals surface area contributed by atoms with Crippen LogP contribution in [-0.4, -0.2) is 50.8 Å². The lowest BCUT2D eigenvalue weighted by atomic mass is 10.0. The van der Waals surface area contributed by atoms with Gasteiger partial charge in [-0.2, -0.15) is 0 Å². The van der Waals surface area contributed by atoms with Gasteiger partial charge < -0.3 is 15.0 Å². The molecule has 1 rings (SSSR count). The highest BCUT2D eigenvalue weighted by Crippen LogP contribution is 2.15. The van der Waals surface area contributed by atoms with Gasteiger partial charge in [-0.25, -0.2) is 0 Å². The van der Waals surface area contributed by atoms with Crippen LogP contribution < -0.4 is 5.32 Å². The lowest BCUT2D eigenvalue weighted by molar-refractivity contribution is 0.206. The van der Waals surface area contributed by atoms with Crippen LogP contribution in [0, 0.1) is 5.92 Å². The average molecular weight is 367 g/mol. The molecule has 106 valence electrons. The molecule has 1 unspecified atom stereocenters. The van der Waals surface area contributed by atoms with Crippen LogP contribution in [0.25, 0.3) is 0 Å². The summed E-state index contributed by atoms with van der Waals surface area (Å²) in [5.74, 6) is 1.75. The van der Waals surface area contributed by atoms with E-state index in [9.17, 15) is 0 Å². The molecule has 0 aromatic rings. The highest BCUT2D eigenvalue weighted by Gasteiger charge is 2.18. The van der Waals surface area contributed by atoms with Gasteiger partial charge in [-0.1, -0.05) is 13.0 Å². The van der Waals surface area contributed by atoms with Gasteiger partial charge in [-0.15, -0.1) is 30.6 Å². The van der Waals surface area contributed by atoms with Crippen LogP contribution in [0.2, 0.25) is 0 Å². The summed E-state index contributed by atoms with van der Waals surface area (Å²) >= 11 is 0. The maximum atomic E-state index is 5.03. The quantitative estimate of drug-likeness (QED) is 0.266. The summed E-state index contributed by atoms with van der Waals surface area (Å²) in [6.07, 6.45) is 4.43. The van der Waals surface area contributed by atoms with E-state index in [0.717, 1.165) is 31.5 Å². The van der Waals surface area contributed by atoms with Crippen molar-refractivity contribution in [3.63, 3.8) is 0 Å². The Hall–Kier alpha value is -0.300. The van der Waals surface area contributed by atoms with E-state index >= 15 is 0 Å². The Kier molecular flexibility index (Phi) is 10.4. The molecule has 0 saturated carbocycles. The fourth-order valence-corrected chi connectivity index (χ4v) is 2.06. The van der Waals surface area contributed by atoms with Crippen LogP contribution in [-0.2, 0) is 4.74 Å². The Labute approximate surface area is 128 Å². The summed E-state index contributed by atoms with van der Waals surface area (Å²) in [4.78, 5) is 6.91. The number of hydrogen-bond acceptors (Lipinski definition) is 2. The zero-order valence-electron chi connectivity index (χ0n) is 11.5. The number of hydrogen-bond donors (Lipinski definition) is 1. The topological polar surface area (TPSA) is 36.9 Å². The zero-order chi connectivity index (χ0) is 12.5. The van der Waals surface area contributed by atoms with Gasteiger partial charge in [0.25, 0.3) is 0 Å². The third kappa shape index (κ3) is 6.58. The summed E-state index contributed by atoms with van der Waals surface area (Å²) in [6, 6.07) is 0. The molecule has 1 saturated heterocycles. The Morgan fingerprint density at radius 1 is 1.61 bits per heavy atom. The standard InChI is InChI=1S/C13H25N3O.HI/c1-4-7-14-13(15-8-10-17-3)16-9-5-6-12(2)11-16;/h4,12H,1,5-11H2,2-3H3,(H,14,15);1H. The number of methoxy groups -OCH3 is 1. The second-order valence-corrected chi connectivity index (χ2v) is 4.56. The van der Waals surface area contributed by atoms with Crippen molar-refractivity contribution in [3.05, 3.63) is 12.7 Å². The largest absolute Gasteiger partial charge is 0.383 e. The molecule has 0 radical (unpaired) electrons. The highest BCUT2D eigenvalue weighted by atomic mass is 127. The normalized spacial score (nSPS) is 20.2. The molecule has 18 heavy (non-hydrogen) atoms. The van der Waals surface area contributed by atoms with Gasteiger partial charge in [0, 0.05) is 26.7 Å². The maximum absolute atomic E-state index is 5.03. The Balaban J connectivity index is 0.00000289. The van der Waals surface area contributed by atoms with E-state index in [1.165, 1.54) is 12.8 Å². The Morgan fingerprint density at radius 3 is 3.00 bits per heavy atom. The van der Waals surface area contributed by atoms with Crippen molar-refractivity contribution in [2.45, 2.75) is 19.8 Å². The molecule has 0 spiro atoms. The molecule has 0 aliphatic carbocycles. The molecule has 1 aliphatic heterocycles. The third-order valence-corrected chi connectivity index (χ3v) is 2.92. The second kappa shape index (κ2) is 10.6. The van der Waals surface area contributed by atoms with Gasteiger partial charge in [-0.05, 0) is 18.8 Å². The fraction of sp³-hybridized carbons (Fsp3) is 0.769. The van der Waals surface area contributed by atoms with Crippen molar-refractivity contribution >= 4 is 29.9 Å². The van der Waals surface area contributed by atoms with E-state index in [1.54, 1.807) is 7.11 Å². The molecule has 0 bridgehead atoms. The van der Waals surface area contributed by atoms with E-state index in [-0.39, 0.29) is 24.0 Å².